The smallest absolute Gasteiger partial charge is 0.302 e. The first-order valence-electron chi connectivity index (χ1n) is 15.4. The summed E-state index contributed by atoms with van der Waals surface area (Å²) in [6, 6.07) is 13.2. The molecule has 0 saturated heterocycles. The first-order chi connectivity index (χ1) is 21.1. The minimum Gasteiger partial charge on any atom is -0.508 e. The second-order valence-corrected chi connectivity index (χ2v) is 12.5. The van der Waals surface area contributed by atoms with Crippen LogP contribution in [0.15, 0.2) is 78.6 Å². The maximum atomic E-state index is 12.2. The molecule has 6 rings (SSSR count). The van der Waals surface area contributed by atoms with E-state index in [1.165, 1.54) is 56.6 Å². The number of aryl methyl sites for hydroxylation is 1. The van der Waals surface area contributed by atoms with E-state index >= 15 is 0 Å². The third kappa shape index (κ3) is 5.97. The summed E-state index contributed by atoms with van der Waals surface area (Å²) < 4.78 is 15.7. The van der Waals surface area contributed by atoms with Crippen LogP contribution in [0.5, 0.6) is 11.5 Å². The van der Waals surface area contributed by atoms with Crippen LogP contribution in [0, 0.1) is 17.3 Å². The van der Waals surface area contributed by atoms with Crippen molar-refractivity contribution in [1.82, 2.24) is 0 Å². The third-order valence-corrected chi connectivity index (χ3v) is 10.3. The van der Waals surface area contributed by atoms with Gasteiger partial charge in [-0.3, -0.25) is 14.4 Å². The molecule has 4 aliphatic rings. The molecule has 2 saturated carbocycles. The lowest BCUT2D eigenvalue weighted by Crippen LogP contribution is -2.45. The molecule has 0 bridgehead atoms. The van der Waals surface area contributed by atoms with Gasteiger partial charge in [0, 0.05) is 29.9 Å². The summed E-state index contributed by atoms with van der Waals surface area (Å²) >= 11 is 0. The number of hydrogen-bond donors (Lipinski definition) is 1. The van der Waals surface area contributed by atoms with Crippen LogP contribution < -0.4 is 4.74 Å². The fraction of sp³-hybridized carbons (Fsp3) is 0.432. The first kappa shape index (κ1) is 31.3. The van der Waals surface area contributed by atoms with Crippen LogP contribution in [0.3, 0.4) is 0 Å². The van der Waals surface area contributed by atoms with E-state index in [1.807, 2.05) is 24.3 Å². The topological polar surface area (TPSA) is 99.1 Å². The molecule has 0 spiro atoms. The molecular formula is C37H42O7. The number of phenolic OH excluding ortho intramolecular Hbond substituents is 1. The predicted octanol–water partition coefficient (Wildman–Crippen LogP) is 6.75. The molecule has 2 fully saturated rings. The molecule has 7 heteroatoms. The van der Waals surface area contributed by atoms with Gasteiger partial charge in [0.15, 0.2) is 11.5 Å². The van der Waals surface area contributed by atoms with E-state index in [-0.39, 0.29) is 40.7 Å². The summed E-state index contributed by atoms with van der Waals surface area (Å²) in [5.74, 6) is 2.11. The first-order valence-corrected chi connectivity index (χ1v) is 15.4. The van der Waals surface area contributed by atoms with Crippen molar-refractivity contribution in [2.75, 3.05) is 14.2 Å². The monoisotopic (exact) mass is 598 g/mol. The fourth-order valence-electron chi connectivity index (χ4n) is 8.13. The number of benzene rings is 2. The van der Waals surface area contributed by atoms with E-state index in [1.54, 1.807) is 25.3 Å². The van der Waals surface area contributed by atoms with Crippen LogP contribution in [0.1, 0.15) is 74.5 Å². The lowest BCUT2D eigenvalue weighted by Gasteiger charge is -2.50. The second kappa shape index (κ2) is 12.8. The van der Waals surface area contributed by atoms with Gasteiger partial charge in [0.25, 0.3) is 0 Å². The third-order valence-electron chi connectivity index (χ3n) is 10.3. The van der Waals surface area contributed by atoms with Crippen molar-refractivity contribution in [2.24, 2.45) is 17.3 Å². The maximum absolute atomic E-state index is 12.2. The number of fused-ring (bicyclic) bond motifs is 5. The van der Waals surface area contributed by atoms with Crippen molar-refractivity contribution >= 4 is 17.5 Å². The Morgan fingerprint density at radius 2 is 1.75 bits per heavy atom. The Bertz CT molecular complexity index is 1500. The molecule has 2 aromatic rings. The number of aromatic hydroxyl groups is 1. The highest BCUT2D eigenvalue weighted by atomic mass is 16.5. The summed E-state index contributed by atoms with van der Waals surface area (Å²) in [5.41, 5.74) is 4.20. The molecule has 0 aromatic heterocycles. The Morgan fingerprint density at radius 1 is 1.00 bits per heavy atom. The zero-order valence-corrected chi connectivity index (χ0v) is 26.0. The van der Waals surface area contributed by atoms with Gasteiger partial charge >= 0.3 is 5.97 Å². The Morgan fingerprint density at radius 3 is 2.41 bits per heavy atom. The normalized spacial score (nSPS) is 27.6. The maximum Gasteiger partial charge on any atom is 0.302 e. The van der Waals surface area contributed by atoms with E-state index in [0.717, 1.165) is 30.6 Å². The van der Waals surface area contributed by atoms with Gasteiger partial charge in [-0.15, -0.1) is 6.58 Å². The highest BCUT2D eigenvalue weighted by molar-refractivity contribution is 6.19. The number of methoxy groups -OCH3 is 2. The molecule has 7 nitrogen and oxygen atoms in total. The number of ether oxygens (including phenoxy) is 3. The van der Waals surface area contributed by atoms with Crippen LogP contribution in [0.2, 0.25) is 0 Å². The van der Waals surface area contributed by atoms with Gasteiger partial charge in [-0.2, -0.15) is 0 Å². The molecule has 6 unspecified atom stereocenters. The fourth-order valence-corrected chi connectivity index (χ4v) is 8.13. The summed E-state index contributed by atoms with van der Waals surface area (Å²) in [6.45, 7) is 7.65. The predicted molar refractivity (Wildman–Crippen MR) is 167 cm³/mol. The Kier molecular flexibility index (Phi) is 9.14. The summed E-state index contributed by atoms with van der Waals surface area (Å²) in [4.78, 5) is 35.5. The molecule has 0 amide bonds. The van der Waals surface area contributed by atoms with Crippen LogP contribution in [0.4, 0.5) is 0 Å². The van der Waals surface area contributed by atoms with Crippen molar-refractivity contribution in [1.29, 1.82) is 0 Å². The van der Waals surface area contributed by atoms with Gasteiger partial charge < -0.3 is 19.3 Å². The van der Waals surface area contributed by atoms with E-state index in [0.29, 0.717) is 29.1 Å². The molecule has 4 aliphatic carbocycles. The Hall–Kier alpha value is -4.13. The van der Waals surface area contributed by atoms with Crippen LogP contribution in [-0.2, 0) is 30.3 Å². The van der Waals surface area contributed by atoms with E-state index in [9.17, 15) is 19.5 Å². The van der Waals surface area contributed by atoms with Gasteiger partial charge in [-0.25, -0.2) is 0 Å². The standard InChI is InChI=1S/C20H26O3.C17H16O4/c1-12(21)23-19-8-7-18-17-5-3-13-11-14(22)4-6-15(13)16(17)9-10-20(18,19)2;1-4-13(11-5-7-12(20-2)8-6-11)14-9-16(19)17(21-3)10-15(14)18/h4,6,11,16-19,22H,3,5,7-10H2,1-2H3;4-10,13H,1H2,2-3H3. The second-order valence-electron chi connectivity index (χ2n) is 12.5. The largest absolute Gasteiger partial charge is 0.508 e. The zero-order valence-electron chi connectivity index (χ0n) is 26.0. The molecule has 44 heavy (non-hydrogen) atoms. The van der Waals surface area contributed by atoms with Gasteiger partial charge in [0.05, 0.1) is 14.2 Å². The Labute approximate surface area is 259 Å². The number of carbonyl (C=O) groups is 3. The average molecular weight is 599 g/mol. The van der Waals surface area contributed by atoms with Crippen LogP contribution >= 0.6 is 0 Å². The van der Waals surface area contributed by atoms with Crippen molar-refractivity contribution in [3.8, 4) is 11.5 Å². The highest BCUT2D eigenvalue weighted by Gasteiger charge is 2.56. The highest BCUT2D eigenvalue weighted by Crippen LogP contribution is 2.61. The minimum absolute atomic E-state index is 0.0568. The average Bonchev–Trinajstić information content (AvgIpc) is 3.34. The zero-order chi connectivity index (χ0) is 31.6. The molecule has 0 radical (unpaired) electrons. The molecule has 1 N–H and O–H groups in total. The van der Waals surface area contributed by atoms with Crippen LogP contribution in [0.25, 0.3) is 0 Å². The molecule has 2 aromatic carbocycles. The number of carbonyl (C=O) groups excluding carboxylic acids is 3. The van der Waals surface area contributed by atoms with E-state index in [4.69, 9.17) is 14.2 Å². The summed E-state index contributed by atoms with van der Waals surface area (Å²) in [6.07, 6.45) is 11.1. The van der Waals surface area contributed by atoms with Crippen molar-refractivity contribution in [2.45, 2.75) is 70.3 Å². The lowest BCUT2D eigenvalue weighted by molar-refractivity contribution is -0.154. The minimum atomic E-state index is -0.345. The van der Waals surface area contributed by atoms with Crippen molar-refractivity contribution in [3.63, 3.8) is 0 Å². The number of esters is 1. The van der Waals surface area contributed by atoms with E-state index in [2.05, 4.69) is 19.6 Å². The number of ketones is 2. The summed E-state index contributed by atoms with van der Waals surface area (Å²) in [7, 11) is 2.95. The Balaban J connectivity index is 0.000000176. The molecule has 0 heterocycles. The molecule has 0 aliphatic heterocycles. The molecule has 232 valence electrons. The van der Waals surface area contributed by atoms with Gasteiger partial charge in [-0.1, -0.05) is 31.2 Å². The van der Waals surface area contributed by atoms with E-state index < -0.39 is 0 Å². The van der Waals surface area contributed by atoms with Gasteiger partial charge in [0.1, 0.15) is 17.6 Å². The molecule has 6 atom stereocenters. The number of phenols is 1. The van der Waals surface area contributed by atoms with Crippen LogP contribution in [-0.4, -0.2) is 43.0 Å². The summed E-state index contributed by atoms with van der Waals surface area (Å²) in [5, 5.41) is 9.75. The van der Waals surface area contributed by atoms with Crippen molar-refractivity contribution in [3.05, 3.63) is 95.3 Å². The number of hydrogen-bond acceptors (Lipinski definition) is 7. The van der Waals surface area contributed by atoms with Gasteiger partial charge in [0.2, 0.25) is 5.78 Å². The number of rotatable bonds is 6. The quantitative estimate of drug-likeness (QED) is 0.223. The lowest BCUT2D eigenvalue weighted by atomic mass is 9.55. The number of allylic oxidation sites excluding steroid dienone is 4. The SMILES string of the molecule is C=CC(C1=CC(=O)C(OC)=CC1=O)c1ccc(OC)cc1.CC(=O)OC1CCC2C3CCc4cc(O)ccc4C3CCC12C. The van der Waals surface area contributed by atoms with Crippen molar-refractivity contribution < 1.29 is 33.7 Å². The van der Waals surface area contributed by atoms with Gasteiger partial charge in [-0.05, 0) is 103 Å². The molecular weight excluding hydrogens is 556 g/mol.